The van der Waals surface area contributed by atoms with E-state index in [0.29, 0.717) is 32.9 Å². The van der Waals surface area contributed by atoms with E-state index in [1.807, 2.05) is 0 Å². The van der Waals surface area contributed by atoms with Crippen molar-refractivity contribution >= 4 is 40.9 Å². The number of esters is 1. The van der Waals surface area contributed by atoms with Crippen molar-refractivity contribution in [3.8, 4) is 11.5 Å². The maximum atomic E-state index is 12.0. The lowest BCUT2D eigenvalue weighted by atomic mass is 10.2. The number of fused-ring (bicyclic) bond motifs is 1. The molecule has 0 saturated carbocycles. The van der Waals surface area contributed by atoms with Gasteiger partial charge in [-0.1, -0.05) is 23.2 Å². The topological polar surface area (TPSA) is 62.1 Å². The van der Waals surface area contributed by atoms with E-state index in [4.69, 9.17) is 37.4 Å². The third kappa shape index (κ3) is 4.72. The highest BCUT2D eigenvalue weighted by Crippen LogP contribution is 2.24. The average molecular weight is 407 g/mol. The van der Waals surface area contributed by atoms with Crippen LogP contribution in [0.15, 0.2) is 42.7 Å². The summed E-state index contributed by atoms with van der Waals surface area (Å²) < 4.78 is 17.3. The molecule has 0 unspecified atom stereocenters. The van der Waals surface area contributed by atoms with Crippen LogP contribution in [0, 0.1) is 0 Å². The maximum Gasteiger partial charge on any atom is 0.331 e. The van der Waals surface area contributed by atoms with Gasteiger partial charge in [-0.05, 0) is 29.8 Å². The number of nitrogens with zero attached hydrogens (tertiary/aromatic N) is 2. The number of ether oxygens (including phenoxy) is 3. The van der Waals surface area contributed by atoms with Crippen LogP contribution >= 0.6 is 23.2 Å². The molecule has 0 spiro atoms. The Hall–Kier alpha value is -2.70. The van der Waals surface area contributed by atoms with Crippen molar-refractivity contribution < 1.29 is 19.0 Å². The molecule has 0 aliphatic carbocycles. The number of pyridine rings is 1. The monoisotopic (exact) mass is 406 g/mol. The van der Waals surface area contributed by atoms with Gasteiger partial charge in [0.25, 0.3) is 0 Å². The molecule has 0 bridgehead atoms. The third-order valence-corrected chi connectivity index (χ3v) is 4.16. The van der Waals surface area contributed by atoms with Crippen molar-refractivity contribution in [1.82, 2.24) is 9.38 Å². The summed E-state index contributed by atoms with van der Waals surface area (Å²) in [6.45, 7) is 0.0141. The van der Waals surface area contributed by atoms with Crippen LogP contribution in [0.25, 0.3) is 11.7 Å². The van der Waals surface area contributed by atoms with E-state index in [2.05, 4.69) is 4.98 Å². The lowest BCUT2D eigenvalue weighted by molar-refractivity contribution is -0.139. The molecule has 0 atom stereocenters. The van der Waals surface area contributed by atoms with Crippen molar-refractivity contribution in [2.24, 2.45) is 0 Å². The van der Waals surface area contributed by atoms with Crippen LogP contribution in [0.4, 0.5) is 0 Å². The number of aromatic nitrogens is 2. The molecule has 2 aromatic heterocycles. The summed E-state index contributed by atoms with van der Waals surface area (Å²) in [7, 11) is 3.12. The first-order chi connectivity index (χ1) is 13.0. The Bertz CT molecular complexity index is 992. The number of hydrogen-bond donors (Lipinski definition) is 0. The van der Waals surface area contributed by atoms with Crippen LogP contribution in [-0.2, 0) is 16.1 Å². The Balaban J connectivity index is 1.66. The fourth-order valence-electron chi connectivity index (χ4n) is 2.43. The molecule has 0 amide bonds. The first-order valence-electron chi connectivity index (χ1n) is 7.89. The summed E-state index contributed by atoms with van der Waals surface area (Å²) in [4.78, 5) is 16.3. The van der Waals surface area contributed by atoms with Gasteiger partial charge in [-0.2, -0.15) is 0 Å². The summed E-state index contributed by atoms with van der Waals surface area (Å²) in [5, 5.41) is 0.914. The number of imidazole rings is 1. The number of hydrogen-bond acceptors (Lipinski definition) is 5. The van der Waals surface area contributed by atoms with Crippen molar-refractivity contribution in [3.63, 3.8) is 0 Å². The molecule has 1 aromatic carbocycles. The van der Waals surface area contributed by atoms with E-state index >= 15 is 0 Å². The number of benzene rings is 1. The minimum Gasteiger partial charge on any atom is -0.497 e. The lowest BCUT2D eigenvalue weighted by Gasteiger charge is -2.05. The van der Waals surface area contributed by atoms with E-state index in [9.17, 15) is 4.79 Å². The Labute approximate surface area is 165 Å². The second kappa shape index (κ2) is 8.33. The van der Waals surface area contributed by atoms with Crippen molar-refractivity contribution in [2.75, 3.05) is 14.2 Å². The van der Waals surface area contributed by atoms with Crippen LogP contribution in [-0.4, -0.2) is 29.6 Å². The third-order valence-electron chi connectivity index (χ3n) is 3.67. The molecule has 0 radical (unpaired) electrons. The summed E-state index contributed by atoms with van der Waals surface area (Å²) in [5.74, 6) is 0.753. The minimum absolute atomic E-state index is 0.0141. The zero-order chi connectivity index (χ0) is 19.4. The molecule has 27 heavy (non-hydrogen) atoms. The molecule has 8 heteroatoms. The number of carbonyl (C=O) groups excluding carboxylic acids is 1. The lowest BCUT2D eigenvalue weighted by Crippen LogP contribution is -2.00. The van der Waals surface area contributed by atoms with E-state index in [1.54, 1.807) is 61.4 Å². The van der Waals surface area contributed by atoms with Gasteiger partial charge in [0.15, 0.2) is 5.65 Å². The van der Waals surface area contributed by atoms with Gasteiger partial charge in [0.05, 0.1) is 30.0 Å². The van der Waals surface area contributed by atoms with Gasteiger partial charge in [0.1, 0.15) is 18.1 Å². The highest BCUT2D eigenvalue weighted by atomic mass is 35.5. The second-order valence-corrected chi connectivity index (χ2v) is 6.40. The van der Waals surface area contributed by atoms with Gasteiger partial charge in [-0.15, -0.1) is 0 Å². The SMILES string of the molecule is COc1cc(C=CC(=O)OCc2cn3cc(Cl)cc(Cl)c3n2)cc(OC)c1. The highest BCUT2D eigenvalue weighted by molar-refractivity contribution is 6.36. The zero-order valence-electron chi connectivity index (χ0n) is 14.6. The van der Waals surface area contributed by atoms with Gasteiger partial charge in [0.2, 0.25) is 0 Å². The van der Waals surface area contributed by atoms with Gasteiger partial charge >= 0.3 is 5.97 Å². The molecule has 140 valence electrons. The molecule has 0 N–H and O–H groups in total. The summed E-state index contributed by atoms with van der Waals surface area (Å²) >= 11 is 12.1. The molecule has 0 aliphatic rings. The normalized spacial score (nSPS) is 11.1. The van der Waals surface area contributed by atoms with E-state index in [-0.39, 0.29) is 6.61 Å². The molecule has 0 aliphatic heterocycles. The summed E-state index contributed by atoms with van der Waals surface area (Å²) in [6, 6.07) is 6.91. The van der Waals surface area contributed by atoms with Crippen molar-refractivity contribution in [2.45, 2.75) is 6.61 Å². The van der Waals surface area contributed by atoms with Crippen molar-refractivity contribution in [1.29, 1.82) is 0 Å². The van der Waals surface area contributed by atoms with Crippen LogP contribution in [0.2, 0.25) is 10.0 Å². The number of halogens is 2. The molecule has 3 aromatic rings. The Kier molecular flexibility index (Phi) is 5.88. The van der Waals surface area contributed by atoms with Crippen LogP contribution in [0.3, 0.4) is 0 Å². The standard InChI is InChI=1S/C19H16Cl2N2O4/c1-25-15-5-12(6-16(8-15)26-2)3-4-18(24)27-11-14-10-23-9-13(20)7-17(21)19(23)22-14/h3-10H,11H2,1-2H3. The van der Waals surface area contributed by atoms with Crippen molar-refractivity contribution in [3.05, 3.63) is 64.0 Å². The highest BCUT2D eigenvalue weighted by Gasteiger charge is 2.08. The fourth-order valence-corrected chi connectivity index (χ4v) is 2.96. The average Bonchev–Trinajstić information content (AvgIpc) is 3.07. The smallest absolute Gasteiger partial charge is 0.331 e. The molecule has 6 nitrogen and oxygen atoms in total. The predicted octanol–water partition coefficient (Wildman–Crippen LogP) is 4.41. The molecular formula is C19H16Cl2N2O4. The van der Waals surface area contributed by atoms with Gasteiger partial charge in [0, 0.05) is 24.5 Å². The Morgan fingerprint density at radius 2 is 1.81 bits per heavy atom. The molecule has 3 rings (SSSR count). The predicted molar refractivity (Wildman–Crippen MR) is 104 cm³/mol. The molecule has 0 fully saturated rings. The largest absolute Gasteiger partial charge is 0.497 e. The fraction of sp³-hybridized carbons (Fsp3) is 0.158. The van der Waals surface area contributed by atoms with E-state index in [0.717, 1.165) is 5.56 Å². The Morgan fingerprint density at radius 3 is 2.48 bits per heavy atom. The zero-order valence-corrected chi connectivity index (χ0v) is 16.1. The van der Waals surface area contributed by atoms with Gasteiger partial charge < -0.3 is 18.6 Å². The van der Waals surface area contributed by atoms with E-state index in [1.165, 1.54) is 6.08 Å². The summed E-state index contributed by atoms with van der Waals surface area (Å²) in [6.07, 6.45) is 6.33. The number of methoxy groups -OCH3 is 2. The molecule has 2 heterocycles. The van der Waals surface area contributed by atoms with Crippen LogP contribution < -0.4 is 9.47 Å². The maximum absolute atomic E-state index is 12.0. The minimum atomic E-state index is -0.502. The van der Waals surface area contributed by atoms with Gasteiger partial charge in [-0.25, -0.2) is 9.78 Å². The number of rotatable bonds is 6. The van der Waals surface area contributed by atoms with Crippen LogP contribution in [0.5, 0.6) is 11.5 Å². The second-order valence-electron chi connectivity index (χ2n) is 5.56. The van der Waals surface area contributed by atoms with Gasteiger partial charge in [-0.3, -0.25) is 0 Å². The summed E-state index contributed by atoms with van der Waals surface area (Å²) in [5.41, 5.74) is 1.85. The quantitative estimate of drug-likeness (QED) is 0.447. The number of carbonyl (C=O) groups is 1. The first kappa shape index (κ1) is 19.1. The van der Waals surface area contributed by atoms with E-state index < -0.39 is 5.97 Å². The molecular weight excluding hydrogens is 391 g/mol. The van der Waals surface area contributed by atoms with Crippen LogP contribution in [0.1, 0.15) is 11.3 Å². The molecule has 0 saturated heterocycles. The Morgan fingerprint density at radius 1 is 1.11 bits per heavy atom. The first-order valence-corrected chi connectivity index (χ1v) is 8.64.